The Hall–Kier alpha value is -2.00. The first-order valence-corrected chi connectivity index (χ1v) is 10.7. The van der Waals surface area contributed by atoms with E-state index in [4.69, 9.17) is 0 Å². The number of rotatable bonds is 3. The number of benzene rings is 1. The van der Waals surface area contributed by atoms with Crippen LogP contribution in [-0.2, 0) is 4.79 Å². The van der Waals surface area contributed by atoms with Gasteiger partial charge in [0.2, 0.25) is 0 Å². The number of amides is 2. The molecule has 2 unspecified atom stereocenters. The van der Waals surface area contributed by atoms with Gasteiger partial charge in [0.25, 0.3) is 11.8 Å². The highest BCUT2D eigenvalue weighted by atomic mass is 16.3. The summed E-state index contributed by atoms with van der Waals surface area (Å²) in [6.07, 6.45) is 1.56. The number of aliphatic hydroxyl groups is 1. The summed E-state index contributed by atoms with van der Waals surface area (Å²) >= 11 is 0. The van der Waals surface area contributed by atoms with Gasteiger partial charge in [-0.25, -0.2) is 0 Å². The molecule has 8 nitrogen and oxygen atoms in total. The molecule has 1 saturated carbocycles. The Morgan fingerprint density at radius 1 is 0.966 bits per heavy atom. The van der Waals surface area contributed by atoms with E-state index in [0.717, 1.165) is 26.2 Å². The van der Waals surface area contributed by atoms with E-state index in [-0.39, 0.29) is 17.9 Å². The Morgan fingerprint density at radius 2 is 1.66 bits per heavy atom. The van der Waals surface area contributed by atoms with E-state index < -0.39 is 5.60 Å². The molecule has 2 atom stereocenters. The monoisotopic (exact) mass is 399 g/mol. The minimum atomic E-state index is -1.12. The van der Waals surface area contributed by atoms with E-state index >= 15 is 0 Å². The second-order valence-corrected chi connectivity index (χ2v) is 8.66. The maximum absolute atomic E-state index is 12.9. The highest BCUT2D eigenvalue weighted by Gasteiger charge is 2.50. The molecule has 0 aromatic heterocycles. The summed E-state index contributed by atoms with van der Waals surface area (Å²) < 4.78 is 0. The summed E-state index contributed by atoms with van der Waals surface area (Å²) in [4.78, 5) is 31.1. The van der Waals surface area contributed by atoms with Gasteiger partial charge in [0.15, 0.2) is 0 Å². The first-order chi connectivity index (χ1) is 14.0. The smallest absolute Gasteiger partial charge is 0.254 e. The van der Waals surface area contributed by atoms with Crippen LogP contribution in [0.1, 0.15) is 34.8 Å². The average Bonchev–Trinajstić information content (AvgIpc) is 3.34. The Morgan fingerprint density at radius 3 is 2.34 bits per heavy atom. The first-order valence-electron chi connectivity index (χ1n) is 10.7. The van der Waals surface area contributed by atoms with Gasteiger partial charge in [0, 0.05) is 64.0 Å². The van der Waals surface area contributed by atoms with Crippen molar-refractivity contribution < 1.29 is 14.7 Å². The summed E-state index contributed by atoms with van der Waals surface area (Å²) in [7, 11) is 0. The molecule has 5 rings (SSSR count). The normalized spacial score (nSPS) is 28.9. The van der Waals surface area contributed by atoms with Gasteiger partial charge in [0.1, 0.15) is 5.60 Å². The second kappa shape index (κ2) is 7.36. The Kier molecular flexibility index (Phi) is 4.82. The Balaban J connectivity index is 1.17. The summed E-state index contributed by atoms with van der Waals surface area (Å²) in [5, 5.41) is 17.1. The number of fused-ring (bicyclic) bond motifs is 1. The number of piperazine rings is 2. The van der Waals surface area contributed by atoms with Crippen LogP contribution in [0.2, 0.25) is 0 Å². The third-order valence-electron chi connectivity index (χ3n) is 6.73. The molecule has 0 radical (unpaired) electrons. The molecule has 8 heteroatoms. The first kappa shape index (κ1) is 19.0. The zero-order valence-electron chi connectivity index (χ0n) is 16.6. The molecule has 4 fully saturated rings. The minimum Gasteiger partial charge on any atom is -0.380 e. The largest absolute Gasteiger partial charge is 0.380 e. The molecule has 3 N–H and O–H groups in total. The fourth-order valence-electron chi connectivity index (χ4n) is 4.64. The maximum Gasteiger partial charge on any atom is 0.254 e. The predicted molar refractivity (Wildman–Crippen MR) is 107 cm³/mol. The molecule has 1 aromatic carbocycles. The zero-order valence-corrected chi connectivity index (χ0v) is 16.6. The molecule has 3 heterocycles. The Labute approximate surface area is 170 Å². The number of carbonyl (C=O) groups excluding carboxylic acids is 2. The van der Waals surface area contributed by atoms with E-state index in [1.165, 1.54) is 5.56 Å². The second-order valence-electron chi connectivity index (χ2n) is 8.66. The highest BCUT2D eigenvalue weighted by molar-refractivity contribution is 5.94. The van der Waals surface area contributed by atoms with Crippen molar-refractivity contribution in [3.05, 3.63) is 35.4 Å². The van der Waals surface area contributed by atoms with Gasteiger partial charge in [0.05, 0.1) is 6.17 Å². The van der Waals surface area contributed by atoms with Crippen molar-refractivity contribution in [2.45, 2.75) is 30.7 Å². The number of nitrogens with zero attached hydrogens (tertiary/aromatic N) is 3. The molecule has 0 bridgehead atoms. The van der Waals surface area contributed by atoms with Gasteiger partial charge in [-0.3, -0.25) is 19.8 Å². The van der Waals surface area contributed by atoms with E-state index in [9.17, 15) is 14.7 Å². The molecule has 0 spiro atoms. The molecule has 4 aliphatic rings. The molecular weight excluding hydrogens is 370 g/mol. The number of nitrogens with one attached hydrogen (secondary N) is 2. The molecule has 29 heavy (non-hydrogen) atoms. The van der Waals surface area contributed by atoms with E-state index in [2.05, 4.69) is 27.7 Å². The van der Waals surface area contributed by atoms with Crippen LogP contribution in [0.5, 0.6) is 0 Å². The van der Waals surface area contributed by atoms with Crippen molar-refractivity contribution in [2.75, 3.05) is 52.4 Å². The van der Waals surface area contributed by atoms with Crippen molar-refractivity contribution in [2.24, 2.45) is 0 Å². The van der Waals surface area contributed by atoms with Crippen LogP contribution < -0.4 is 10.6 Å². The van der Waals surface area contributed by atoms with Crippen LogP contribution in [-0.4, -0.2) is 95.7 Å². The van der Waals surface area contributed by atoms with Gasteiger partial charge >= 0.3 is 0 Å². The van der Waals surface area contributed by atoms with Crippen LogP contribution in [0.3, 0.4) is 0 Å². The van der Waals surface area contributed by atoms with Gasteiger partial charge in [-0.2, -0.15) is 0 Å². The fraction of sp³-hybridized carbons (Fsp3) is 0.619. The molecule has 1 aliphatic carbocycles. The maximum atomic E-state index is 12.9. The van der Waals surface area contributed by atoms with E-state index in [1.54, 1.807) is 9.80 Å². The average molecular weight is 399 g/mol. The third-order valence-corrected chi connectivity index (χ3v) is 6.73. The summed E-state index contributed by atoms with van der Waals surface area (Å²) in [6.45, 7) is 6.04. The fourth-order valence-corrected chi connectivity index (χ4v) is 4.64. The molecule has 3 saturated heterocycles. The standard InChI is InChI=1S/C21H29N5O3/c27-19(24-9-11-25(12-10-24)20(28)21(29)5-6-21)16-3-1-15(2-4-16)17-14-26-8-7-22-18(26)13-23-17/h1-4,17-18,22-23,29H,5-14H2. The SMILES string of the molecule is O=C(c1ccc(C2CN3CCNC3CN2)cc1)N1CCN(C(=O)C2(O)CC2)CC1. The summed E-state index contributed by atoms with van der Waals surface area (Å²) in [6, 6.07) is 8.22. The minimum absolute atomic E-state index is 0.00851. The Bertz CT molecular complexity index is 786. The van der Waals surface area contributed by atoms with Crippen molar-refractivity contribution in [3.63, 3.8) is 0 Å². The lowest BCUT2D eigenvalue weighted by atomic mass is 10.0. The van der Waals surface area contributed by atoms with Crippen molar-refractivity contribution in [1.82, 2.24) is 25.3 Å². The summed E-state index contributed by atoms with van der Waals surface area (Å²) in [5.41, 5.74) is 0.770. The van der Waals surface area contributed by atoms with E-state index in [1.807, 2.05) is 12.1 Å². The molecular formula is C21H29N5O3. The van der Waals surface area contributed by atoms with Crippen LogP contribution in [0.4, 0.5) is 0 Å². The van der Waals surface area contributed by atoms with Crippen LogP contribution >= 0.6 is 0 Å². The van der Waals surface area contributed by atoms with Gasteiger partial charge in [-0.15, -0.1) is 0 Å². The van der Waals surface area contributed by atoms with Gasteiger partial charge in [-0.05, 0) is 30.5 Å². The van der Waals surface area contributed by atoms with Crippen molar-refractivity contribution in [3.8, 4) is 0 Å². The lowest BCUT2D eigenvalue weighted by molar-refractivity contribution is -0.143. The molecule has 3 aliphatic heterocycles. The topological polar surface area (TPSA) is 88.2 Å². The van der Waals surface area contributed by atoms with Crippen molar-refractivity contribution >= 4 is 11.8 Å². The predicted octanol–water partition coefficient (Wildman–Crippen LogP) is -0.628. The number of hydrogen-bond donors (Lipinski definition) is 3. The van der Waals surface area contributed by atoms with Gasteiger partial charge in [-0.1, -0.05) is 12.1 Å². The van der Waals surface area contributed by atoms with Crippen LogP contribution in [0, 0.1) is 0 Å². The lowest BCUT2D eigenvalue weighted by Gasteiger charge is -2.36. The third kappa shape index (κ3) is 3.66. The quantitative estimate of drug-likeness (QED) is 0.628. The van der Waals surface area contributed by atoms with Crippen LogP contribution in [0.15, 0.2) is 24.3 Å². The van der Waals surface area contributed by atoms with Gasteiger partial charge < -0.3 is 20.2 Å². The number of carbonyl (C=O) groups is 2. The number of hydrogen-bond acceptors (Lipinski definition) is 6. The molecule has 1 aromatic rings. The molecule has 2 amide bonds. The molecule has 156 valence electrons. The van der Waals surface area contributed by atoms with Crippen molar-refractivity contribution in [1.29, 1.82) is 0 Å². The van der Waals surface area contributed by atoms with E-state index in [0.29, 0.717) is 50.7 Å². The summed E-state index contributed by atoms with van der Waals surface area (Å²) in [5.74, 6) is -0.168. The lowest BCUT2D eigenvalue weighted by Crippen LogP contribution is -2.53. The van der Waals surface area contributed by atoms with Crippen LogP contribution in [0.25, 0.3) is 0 Å². The zero-order chi connectivity index (χ0) is 20.0. The highest BCUT2D eigenvalue weighted by Crippen LogP contribution is 2.37.